The van der Waals surface area contributed by atoms with Crippen LogP contribution < -0.4 is 5.32 Å². The van der Waals surface area contributed by atoms with Crippen molar-refractivity contribution in [1.82, 2.24) is 10.2 Å². The summed E-state index contributed by atoms with van der Waals surface area (Å²) in [7, 11) is 2.18. The molecular weight excluding hydrogens is 263 g/mol. The van der Waals surface area contributed by atoms with E-state index in [-0.39, 0.29) is 11.9 Å². The van der Waals surface area contributed by atoms with Gasteiger partial charge in [0.2, 0.25) is 0 Å². The molecule has 0 saturated heterocycles. The van der Waals surface area contributed by atoms with E-state index in [4.69, 9.17) is 0 Å². The van der Waals surface area contributed by atoms with Crippen molar-refractivity contribution in [2.45, 2.75) is 39.2 Å². The van der Waals surface area contributed by atoms with E-state index in [1.165, 1.54) is 13.0 Å². The molecule has 0 heterocycles. The molecule has 0 aliphatic heterocycles. The first-order valence-corrected chi connectivity index (χ1v) is 8.28. The molecule has 3 heteroatoms. The normalized spacial score (nSPS) is 22.5. The summed E-state index contributed by atoms with van der Waals surface area (Å²) >= 11 is 0. The van der Waals surface area contributed by atoms with E-state index in [1.807, 2.05) is 12.1 Å². The number of rotatable bonds is 9. The van der Waals surface area contributed by atoms with Crippen molar-refractivity contribution in [1.29, 1.82) is 0 Å². The quantitative estimate of drug-likeness (QED) is 0.744. The fraction of sp³-hybridized carbons (Fsp3) is 0.667. The number of halogens is 1. The Kier molecular flexibility index (Phi) is 6.19. The molecule has 21 heavy (non-hydrogen) atoms. The number of nitrogens with zero attached hydrogens (tertiary/aromatic N) is 1. The van der Waals surface area contributed by atoms with Gasteiger partial charge in [0.15, 0.2) is 0 Å². The van der Waals surface area contributed by atoms with Crippen LogP contribution in [0.3, 0.4) is 0 Å². The average Bonchev–Trinajstić information content (AvgIpc) is 3.15. The summed E-state index contributed by atoms with van der Waals surface area (Å²) in [6.45, 7) is 7.59. The number of hydrogen-bond donors (Lipinski definition) is 1. The van der Waals surface area contributed by atoms with Crippen LogP contribution in [0.1, 0.15) is 44.7 Å². The van der Waals surface area contributed by atoms with Gasteiger partial charge in [-0.1, -0.05) is 32.0 Å². The van der Waals surface area contributed by atoms with Crippen molar-refractivity contribution in [3.63, 3.8) is 0 Å². The fourth-order valence-electron chi connectivity index (χ4n) is 2.94. The molecule has 1 aliphatic carbocycles. The molecule has 0 radical (unpaired) electrons. The van der Waals surface area contributed by atoms with Gasteiger partial charge >= 0.3 is 0 Å². The van der Waals surface area contributed by atoms with E-state index >= 15 is 0 Å². The highest BCUT2D eigenvalue weighted by molar-refractivity contribution is 5.21. The van der Waals surface area contributed by atoms with E-state index in [2.05, 4.69) is 31.1 Å². The van der Waals surface area contributed by atoms with Crippen molar-refractivity contribution in [2.75, 3.05) is 26.7 Å². The van der Waals surface area contributed by atoms with E-state index in [9.17, 15) is 4.39 Å². The number of hydrogen-bond acceptors (Lipinski definition) is 2. The molecule has 3 atom stereocenters. The summed E-state index contributed by atoms with van der Waals surface area (Å²) in [5, 5.41) is 3.49. The van der Waals surface area contributed by atoms with Crippen LogP contribution in [-0.4, -0.2) is 31.6 Å². The maximum atomic E-state index is 14.0. The highest BCUT2D eigenvalue weighted by Gasteiger charge is 2.33. The van der Waals surface area contributed by atoms with Crippen LogP contribution in [0, 0.1) is 17.7 Å². The molecule has 1 aromatic carbocycles. The third kappa shape index (κ3) is 5.08. The van der Waals surface area contributed by atoms with Crippen LogP contribution >= 0.6 is 0 Å². The maximum Gasteiger partial charge on any atom is 0.127 e. The van der Waals surface area contributed by atoms with Gasteiger partial charge in [-0.3, -0.25) is 0 Å². The minimum Gasteiger partial charge on any atom is -0.310 e. The lowest BCUT2D eigenvalue weighted by Gasteiger charge is -2.23. The van der Waals surface area contributed by atoms with Gasteiger partial charge in [-0.05, 0) is 57.3 Å². The summed E-state index contributed by atoms with van der Waals surface area (Å²) in [6, 6.07) is 7.27. The second-order valence-corrected chi connectivity index (χ2v) is 6.55. The molecule has 0 aromatic heterocycles. The van der Waals surface area contributed by atoms with Gasteiger partial charge in [0, 0.05) is 18.2 Å². The number of benzene rings is 1. The predicted molar refractivity (Wildman–Crippen MR) is 86.8 cm³/mol. The van der Waals surface area contributed by atoms with Crippen molar-refractivity contribution < 1.29 is 4.39 Å². The number of nitrogens with one attached hydrogen (secondary N) is 1. The molecule has 118 valence electrons. The maximum absolute atomic E-state index is 14.0. The molecule has 1 fully saturated rings. The molecule has 1 aliphatic rings. The standard InChI is InChI=1S/C18H29FN2/c1-4-10-20-18(16-7-5-6-8-17(16)19)9-11-21(3)13-15-12-14(15)2/h5-8,14-15,18,20H,4,9-13H2,1-3H3. The Labute approximate surface area is 128 Å². The smallest absolute Gasteiger partial charge is 0.127 e. The second-order valence-electron chi connectivity index (χ2n) is 6.55. The Morgan fingerprint density at radius 3 is 2.71 bits per heavy atom. The van der Waals surface area contributed by atoms with Gasteiger partial charge < -0.3 is 10.2 Å². The molecule has 1 saturated carbocycles. The average molecular weight is 292 g/mol. The Morgan fingerprint density at radius 2 is 2.10 bits per heavy atom. The lowest BCUT2D eigenvalue weighted by molar-refractivity contribution is 0.290. The van der Waals surface area contributed by atoms with Crippen LogP contribution in [-0.2, 0) is 0 Å². The molecular formula is C18H29FN2. The van der Waals surface area contributed by atoms with Crippen molar-refractivity contribution in [2.24, 2.45) is 11.8 Å². The summed E-state index contributed by atoms with van der Waals surface area (Å²) in [6.07, 6.45) is 3.40. The molecule has 2 nitrogen and oxygen atoms in total. The highest BCUT2D eigenvalue weighted by atomic mass is 19.1. The molecule has 0 amide bonds. The van der Waals surface area contributed by atoms with Gasteiger partial charge in [-0.25, -0.2) is 4.39 Å². The zero-order valence-corrected chi connectivity index (χ0v) is 13.6. The molecule has 0 spiro atoms. The van der Waals surface area contributed by atoms with E-state index in [0.29, 0.717) is 0 Å². The Hall–Kier alpha value is -0.930. The van der Waals surface area contributed by atoms with Gasteiger partial charge in [0.1, 0.15) is 5.82 Å². The molecule has 1 N–H and O–H groups in total. The van der Waals surface area contributed by atoms with Gasteiger partial charge in [-0.2, -0.15) is 0 Å². The van der Waals surface area contributed by atoms with Gasteiger partial charge in [0.05, 0.1) is 0 Å². The van der Waals surface area contributed by atoms with E-state index in [1.54, 1.807) is 12.1 Å². The van der Waals surface area contributed by atoms with Crippen LogP contribution in [0.5, 0.6) is 0 Å². The van der Waals surface area contributed by atoms with Crippen LogP contribution in [0.25, 0.3) is 0 Å². The summed E-state index contributed by atoms with van der Waals surface area (Å²) in [4.78, 5) is 2.40. The van der Waals surface area contributed by atoms with Gasteiger partial charge in [0.25, 0.3) is 0 Å². The highest BCUT2D eigenvalue weighted by Crippen LogP contribution is 2.38. The first-order chi connectivity index (χ1) is 10.1. The Balaban J connectivity index is 1.88. The molecule has 3 unspecified atom stereocenters. The van der Waals surface area contributed by atoms with Crippen molar-refractivity contribution >= 4 is 0 Å². The van der Waals surface area contributed by atoms with Crippen LogP contribution in [0.15, 0.2) is 24.3 Å². The first kappa shape index (κ1) is 16.4. The molecule has 1 aromatic rings. The van der Waals surface area contributed by atoms with Crippen LogP contribution in [0.4, 0.5) is 4.39 Å². The third-order valence-electron chi connectivity index (χ3n) is 4.54. The summed E-state index contributed by atoms with van der Waals surface area (Å²) < 4.78 is 14.0. The Bertz CT molecular complexity index is 435. The van der Waals surface area contributed by atoms with Crippen molar-refractivity contribution in [3.05, 3.63) is 35.6 Å². The Morgan fingerprint density at radius 1 is 1.38 bits per heavy atom. The van der Waals surface area contributed by atoms with E-state index < -0.39 is 0 Å². The topological polar surface area (TPSA) is 15.3 Å². The zero-order chi connectivity index (χ0) is 15.2. The minimum atomic E-state index is -0.0930. The summed E-state index contributed by atoms with van der Waals surface area (Å²) in [5.74, 6) is 1.68. The van der Waals surface area contributed by atoms with E-state index in [0.717, 1.165) is 43.3 Å². The van der Waals surface area contributed by atoms with Crippen molar-refractivity contribution in [3.8, 4) is 0 Å². The predicted octanol–water partition coefficient (Wildman–Crippen LogP) is 3.84. The fourth-order valence-corrected chi connectivity index (χ4v) is 2.94. The monoisotopic (exact) mass is 292 g/mol. The zero-order valence-electron chi connectivity index (χ0n) is 13.6. The summed E-state index contributed by atoms with van der Waals surface area (Å²) in [5.41, 5.74) is 0.805. The lowest BCUT2D eigenvalue weighted by Crippen LogP contribution is -2.29. The molecule has 2 rings (SSSR count). The lowest BCUT2D eigenvalue weighted by atomic mass is 10.0. The van der Waals surface area contributed by atoms with Gasteiger partial charge in [-0.15, -0.1) is 0 Å². The van der Waals surface area contributed by atoms with Crippen LogP contribution in [0.2, 0.25) is 0 Å². The first-order valence-electron chi connectivity index (χ1n) is 8.28. The third-order valence-corrected chi connectivity index (χ3v) is 4.54. The molecule has 0 bridgehead atoms. The second kappa shape index (κ2) is 7.90. The SMILES string of the molecule is CCCNC(CCN(C)CC1CC1C)c1ccccc1F. The largest absolute Gasteiger partial charge is 0.310 e. The minimum absolute atomic E-state index is 0.0930.